The van der Waals surface area contributed by atoms with Crippen molar-refractivity contribution in [2.75, 3.05) is 0 Å². The Morgan fingerprint density at radius 2 is 1.81 bits per heavy atom. The van der Waals surface area contributed by atoms with Gasteiger partial charge in [0, 0.05) is 4.90 Å². The molecule has 0 bridgehead atoms. The average molecular weight is 246 g/mol. The van der Waals surface area contributed by atoms with Gasteiger partial charge in [0.05, 0.1) is 6.42 Å². The van der Waals surface area contributed by atoms with E-state index in [1.807, 2.05) is 27.7 Å². The largest absolute Gasteiger partial charge is 0.481 e. The molecule has 2 nitrogen and oxygen atoms in total. The predicted molar refractivity (Wildman–Crippen MR) is 67.7 cm³/mol. The fraction of sp³-hybridized carbons (Fsp3) is 0.417. The number of rotatable bonds is 2. The van der Waals surface area contributed by atoms with Crippen LogP contribution in [-0.2, 0) is 11.2 Å². The van der Waals surface area contributed by atoms with Crippen molar-refractivity contribution in [1.82, 2.24) is 0 Å². The molecule has 0 saturated heterocycles. The first-order valence-corrected chi connectivity index (χ1v) is 5.73. The second-order valence-electron chi connectivity index (χ2n) is 2.35. The van der Waals surface area contributed by atoms with Gasteiger partial charge in [-0.15, -0.1) is 12.6 Å². The molecule has 0 fully saturated rings. The van der Waals surface area contributed by atoms with Gasteiger partial charge >= 0.3 is 5.97 Å². The summed E-state index contributed by atoms with van der Waals surface area (Å²) in [6, 6.07) is 4.18. The van der Waals surface area contributed by atoms with E-state index in [1.54, 1.807) is 6.07 Å². The fourth-order valence-corrected chi connectivity index (χ4v) is 1.03. The molecule has 16 heavy (non-hydrogen) atoms. The van der Waals surface area contributed by atoms with Crippen molar-refractivity contribution in [2.45, 2.75) is 39.0 Å². The van der Waals surface area contributed by atoms with Crippen molar-refractivity contribution in [1.29, 1.82) is 0 Å². The number of carboxylic acid groups (broad SMARTS) is 1. The molecule has 0 unspecified atom stereocenters. The molecule has 0 aliphatic carbocycles. The Kier molecular flexibility index (Phi) is 11.4. The molecule has 92 valence electrons. The minimum atomic E-state index is -1.04. The summed E-state index contributed by atoms with van der Waals surface area (Å²) in [6.07, 6.45) is -0.292. The minimum Gasteiger partial charge on any atom is -0.481 e. The number of aliphatic carboxylic acids is 1. The lowest BCUT2D eigenvalue weighted by molar-refractivity contribution is -0.136. The molecule has 0 atom stereocenters. The molecule has 1 rings (SSSR count). The summed E-state index contributed by atoms with van der Waals surface area (Å²) in [5.74, 6) is -1.56. The molecule has 0 radical (unpaired) electrons. The van der Waals surface area contributed by atoms with Crippen molar-refractivity contribution >= 4 is 18.6 Å². The Bertz CT molecular complexity index is 314. The van der Waals surface area contributed by atoms with E-state index in [-0.39, 0.29) is 12.0 Å². The van der Waals surface area contributed by atoms with E-state index in [2.05, 4.69) is 12.6 Å². The number of benzene rings is 1. The summed E-state index contributed by atoms with van der Waals surface area (Å²) in [5.41, 5.74) is 0.181. The van der Waals surface area contributed by atoms with E-state index >= 15 is 0 Å². The SMILES string of the molecule is CC.CC.O=C(O)Cc1ccc(S)cc1F. The number of halogens is 1. The highest BCUT2D eigenvalue weighted by Crippen LogP contribution is 2.13. The standard InChI is InChI=1S/C8H7FO2S.2C2H6/c9-7-4-6(12)2-1-5(7)3-8(10)11;2*1-2/h1-2,4,12H,3H2,(H,10,11);2*1-2H3. The van der Waals surface area contributed by atoms with Crippen molar-refractivity contribution in [3.05, 3.63) is 29.6 Å². The second kappa shape index (κ2) is 10.5. The third kappa shape index (κ3) is 7.29. The van der Waals surface area contributed by atoms with Gasteiger partial charge in [0.25, 0.3) is 0 Å². The van der Waals surface area contributed by atoms with E-state index in [0.29, 0.717) is 4.90 Å². The van der Waals surface area contributed by atoms with Crippen LogP contribution in [0.1, 0.15) is 33.3 Å². The number of carbonyl (C=O) groups is 1. The molecule has 1 N–H and O–H groups in total. The van der Waals surface area contributed by atoms with Crippen LogP contribution in [0.2, 0.25) is 0 Å². The smallest absolute Gasteiger partial charge is 0.307 e. The zero-order valence-corrected chi connectivity index (χ0v) is 11.0. The van der Waals surface area contributed by atoms with Crippen LogP contribution in [0.25, 0.3) is 0 Å². The lowest BCUT2D eigenvalue weighted by Crippen LogP contribution is -2.02. The molecule has 0 aliphatic rings. The van der Waals surface area contributed by atoms with E-state index in [9.17, 15) is 9.18 Å². The summed E-state index contributed by atoms with van der Waals surface area (Å²) in [7, 11) is 0. The van der Waals surface area contributed by atoms with Crippen LogP contribution in [0.15, 0.2) is 23.1 Å². The lowest BCUT2D eigenvalue weighted by Gasteiger charge is -1.99. The predicted octanol–water partition coefficient (Wildman–Crippen LogP) is 3.79. The van der Waals surface area contributed by atoms with Crippen molar-refractivity contribution < 1.29 is 14.3 Å². The van der Waals surface area contributed by atoms with E-state index in [1.165, 1.54) is 12.1 Å². The van der Waals surface area contributed by atoms with Crippen molar-refractivity contribution in [3.63, 3.8) is 0 Å². The average Bonchev–Trinajstić information content (AvgIpc) is 2.28. The van der Waals surface area contributed by atoms with Gasteiger partial charge in [0.15, 0.2) is 0 Å². The Morgan fingerprint density at radius 3 is 2.19 bits per heavy atom. The molecular weight excluding hydrogens is 227 g/mol. The molecule has 1 aromatic rings. The van der Waals surface area contributed by atoms with Gasteiger partial charge in [0.2, 0.25) is 0 Å². The van der Waals surface area contributed by atoms with Gasteiger partial charge < -0.3 is 5.11 Å². The lowest BCUT2D eigenvalue weighted by atomic mass is 10.1. The van der Waals surface area contributed by atoms with Crippen LogP contribution >= 0.6 is 12.6 Å². The highest BCUT2D eigenvalue weighted by Gasteiger charge is 2.05. The first kappa shape index (κ1) is 17.4. The van der Waals surface area contributed by atoms with Crippen molar-refractivity contribution in [2.24, 2.45) is 0 Å². The Balaban J connectivity index is 0. The summed E-state index contributed by atoms with van der Waals surface area (Å²) < 4.78 is 12.9. The Labute approximate surface area is 102 Å². The molecule has 0 spiro atoms. The topological polar surface area (TPSA) is 37.3 Å². The molecule has 0 amide bonds. The summed E-state index contributed by atoms with van der Waals surface area (Å²) in [5, 5.41) is 8.37. The van der Waals surface area contributed by atoms with Gasteiger partial charge in [-0.25, -0.2) is 4.39 Å². The minimum absolute atomic E-state index is 0.181. The number of hydrogen-bond donors (Lipinski definition) is 2. The Morgan fingerprint density at radius 1 is 1.31 bits per heavy atom. The van der Waals surface area contributed by atoms with Crippen LogP contribution < -0.4 is 0 Å². The van der Waals surface area contributed by atoms with Gasteiger partial charge in [-0.05, 0) is 17.7 Å². The molecule has 0 aromatic heterocycles. The third-order valence-corrected chi connectivity index (χ3v) is 1.66. The van der Waals surface area contributed by atoms with Crippen LogP contribution in [0.3, 0.4) is 0 Å². The summed E-state index contributed by atoms with van der Waals surface area (Å²) in [4.78, 5) is 10.7. The van der Waals surface area contributed by atoms with E-state index < -0.39 is 11.8 Å². The van der Waals surface area contributed by atoms with Gasteiger partial charge in [-0.1, -0.05) is 33.8 Å². The highest BCUT2D eigenvalue weighted by atomic mass is 32.1. The molecule has 4 heteroatoms. The number of thiol groups is 1. The summed E-state index contributed by atoms with van der Waals surface area (Å²) in [6.45, 7) is 8.00. The third-order valence-electron chi connectivity index (χ3n) is 1.38. The maximum absolute atomic E-state index is 12.9. The zero-order valence-electron chi connectivity index (χ0n) is 10.1. The quantitative estimate of drug-likeness (QED) is 0.779. The second-order valence-corrected chi connectivity index (χ2v) is 2.86. The van der Waals surface area contributed by atoms with Crippen molar-refractivity contribution in [3.8, 4) is 0 Å². The van der Waals surface area contributed by atoms with E-state index in [4.69, 9.17) is 5.11 Å². The van der Waals surface area contributed by atoms with Gasteiger partial charge in [-0.2, -0.15) is 0 Å². The van der Waals surface area contributed by atoms with Gasteiger partial charge in [0.1, 0.15) is 5.82 Å². The maximum Gasteiger partial charge on any atom is 0.307 e. The highest BCUT2D eigenvalue weighted by molar-refractivity contribution is 7.80. The zero-order chi connectivity index (χ0) is 13.1. The Hall–Kier alpha value is -1.03. The number of hydrogen-bond acceptors (Lipinski definition) is 2. The normalized spacial score (nSPS) is 8.12. The molecular formula is C12H19FO2S. The molecule has 1 aromatic carbocycles. The summed E-state index contributed by atoms with van der Waals surface area (Å²) >= 11 is 3.90. The van der Waals surface area contributed by atoms with Crippen LogP contribution in [-0.4, -0.2) is 11.1 Å². The van der Waals surface area contributed by atoms with E-state index in [0.717, 1.165) is 0 Å². The monoisotopic (exact) mass is 246 g/mol. The maximum atomic E-state index is 12.9. The fourth-order valence-electron chi connectivity index (χ4n) is 0.843. The number of carboxylic acids is 1. The van der Waals surface area contributed by atoms with Crippen LogP contribution in [0.5, 0.6) is 0 Å². The molecule has 0 saturated carbocycles. The van der Waals surface area contributed by atoms with Crippen LogP contribution in [0.4, 0.5) is 4.39 Å². The first-order chi connectivity index (χ1) is 7.59. The molecule has 0 aliphatic heterocycles. The van der Waals surface area contributed by atoms with Gasteiger partial charge in [-0.3, -0.25) is 4.79 Å². The molecule has 0 heterocycles. The van der Waals surface area contributed by atoms with Crippen LogP contribution in [0, 0.1) is 5.82 Å². The first-order valence-electron chi connectivity index (χ1n) is 5.29.